The minimum Gasteiger partial charge on any atom is -0.497 e. The van der Waals surface area contributed by atoms with Crippen molar-refractivity contribution in [3.63, 3.8) is 0 Å². The predicted octanol–water partition coefficient (Wildman–Crippen LogP) is 1.62. The van der Waals surface area contributed by atoms with E-state index in [1.165, 1.54) is 10.7 Å². The topological polar surface area (TPSA) is 98.5 Å². The normalized spacial score (nSPS) is 19.6. The van der Waals surface area contributed by atoms with Gasteiger partial charge in [0.25, 0.3) is 0 Å². The molecule has 2 aromatic rings. The summed E-state index contributed by atoms with van der Waals surface area (Å²) in [7, 11) is -1.53. The van der Waals surface area contributed by atoms with Crippen molar-refractivity contribution >= 4 is 15.8 Å². The number of carbonyl (C=O) groups is 1. The first kappa shape index (κ1) is 15.5. The second-order valence-electron chi connectivity index (χ2n) is 5.45. The largest absolute Gasteiger partial charge is 0.497 e. The Balaban J connectivity index is 2.05. The lowest BCUT2D eigenvalue weighted by Crippen LogP contribution is -2.14. The van der Waals surface area contributed by atoms with Gasteiger partial charge in [-0.3, -0.25) is 4.68 Å². The molecule has 1 fully saturated rings. The fraction of sp³-hybridized carbons (Fsp3) is 0.333. The van der Waals surface area contributed by atoms with E-state index in [1.807, 2.05) is 0 Å². The van der Waals surface area contributed by atoms with Crippen LogP contribution < -0.4 is 4.74 Å². The highest BCUT2D eigenvalue weighted by Gasteiger charge is 2.32. The van der Waals surface area contributed by atoms with E-state index in [1.54, 1.807) is 31.4 Å². The van der Waals surface area contributed by atoms with Gasteiger partial charge in [-0.2, -0.15) is 5.10 Å². The van der Waals surface area contributed by atoms with Crippen LogP contribution in [0.2, 0.25) is 0 Å². The summed E-state index contributed by atoms with van der Waals surface area (Å²) in [6.07, 6.45) is 0.437. The zero-order chi connectivity index (χ0) is 16.6. The molecule has 1 atom stereocenters. The van der Waals surface area contributed by atoms with Gasteiger partial charge in [-0.15, -0.1) is 0 Å². The van der Waals surface area contributed by atoms with E-state index in [9.17, 15) is 18.3 Å². The van der Waals surface area contributed by atoms with Crippen molar-refractivity contribution in [1.82, 2.24) is 9.78 Å². The number of carboxylic acid groups (broad SMARTS) is 1. The van der Waals surface area contributed by atoms with Crippen LogP contribution in [0.3, 0.4) is 0 Å². The highest BCUT2D eigenvalue weighted by atomic mass is 32.2. The van der Waals surface area contributed by atoms with Crippen LogP contribution in [0.1, 0.15) is 23.0 Å². The van der Waals surface area contributed by atoms with E-state index in [0.717, 1.165) is 5.56 Å². The average molecular weight is 336 g/mol. The quantitative estimate of drug-likeness (QED) is 0.911. The van der Waals surface area contributed by atoms with Crippen LogP contribution in [0.25, 0.3) is 11.3 Å². The second kappa shape index (κ2) is 5.69. The van der Waals surface area contributed by atoms with E-state index >= 15 is 0 Å². The molecule has 0 unspecified atom stereocenters. The van der Waals surface area contributed by atoms with Crippen LogP contribution in [-0.2, 0) is 9.84 Å². The molecule has 3 rings (SSSR count). The number of methoxy groups -OCH3 is 1. The molecule has 1 aliphatic rings. The van der Waals surface area contributed by atoms with Gasteiger partial charge in [-0.1, -0.05) is 0 Å². The van der Waals surface area contributed by atoms with Crippen LogP contribution in [0.5, 0.6) is 5.75 Å². The monoisotopic (exact) mass is 336 g/mol. The summed E-state index contributed by atoms with van der Waals surface area (Å²) in [5.41, 5.74) is 1.25. The van der Waals surface area contributed by atoms with Crippen molar-refractivity contribution in [2.75, 3.05) is 18.6 Å². The first-order valence-corrected chi connectivity index (χ1v) is 8.89. The van der Waals surface area contributed by atoms with Crippen LogP contribution in [0, 0.1) is 0 Å². The molecule has 0 saturated carbocycles. The fourth-order valence-corrected chi connectivity index (χ4v) is 4.41. The molecule has 0 aliphatic carbocycles. The molecule has 0 radical (unpaired) electrons. The lowest BCUT2D eigenvalue weighted by atomic mass is 10.1. The zero-order valence-electron chi connectivity index (χ0n) is 12.5. The Hall–Kier alpha value is -2.35. The lowest BCUT2D eigenvalue weighted by molar-refractivity contribution is 0.0689. The van der Waals surface area contributed by atoms with Gasteiger partial charge in [-0.05, 0) is 36.8 Å². The SMILES string of the molecule is COc1ccc(-c2cc(C(=O)O)nn2[C@H]2CCS(=O)(=O)C2)cc1. The van der Waals surface area contributed by atoms with Crippen LogP contribution >= 0.6 is 0 Å². The van der Waals surface area contributed by atoms with Gasteiger partial charge in [-0.25, -0.2) is 13.2 Å². The van der Waals surface area contributed by atoms with Crippen LogP contribution in [-0.4, -0.2) is 47.9 Å². The van der Waals surface area contributed by atoms with Crippen molar-refractivity contribution in [3.8, 4) is 17.0 Å². The Morgan fingerprint density at radius 1 is 1.35 bits per heavy atom. The van der Waals surface area contributed by atoms with Gasteiger partial charge in [0.15, 0.2) is 15.5 Å². The summed E-state index contributed by atoms with van der Waals surface area (Å²) in [4.78, 5) is 11.2. The molecule has 0 spiro atoms. The number of carboxylic acids is 1. The molecule has 0 bridgehead atoms. The molecule has 1 aliphatic heterocycles. The predicted molar refractivity (Wildman–Crippen MR) is 83.5 cm³/mol. The number of aromatic nitrogens is 2. The van der Waals surface area contributed by atoms with Crippen molar-refractivity contribution in [3.05, 3.63) is 36.0 Å². The fourth-order valence-electron chi connectivity index (χ4n) is 2.72. The van der Waals surface area contributed by atoms with E-state index in [4.69, 9.17) is 4.74 Å². The number of benzene rings is 1. The van der Waals surface area contributed by atoms with Crippen molar-refractivity contribution in [2.24, 2.45) is 0 Å². The van der Waals surface area contributed by atoms with E-state index in [0.29, 0.717) is 17.9 Å². The molecule has 1 aromatic heterocycles. The van der Waals surface area contributed by atoms with Gasteiger partial charge in [0.05, 0.1) is 30.4 Å². The molecule has 0 amide bonds. The second-order valence-corrected chi connectivity index (χ2v) is 7.68. The number of aromatic carboxylic acids is 1. The first-order chi connectivity index (χ1) is 10.9. The lowest BCUT2D eigenvalue weighted by Gasteiger charge is -2.13. The number of hydrogen-bond acceptors (Lipinski definition) is 5. The molecular formula is C15H16N2O5S. The van der Waals surface area contributed by atoms with Gasteiger partial charge >= 0.3 is 5.97 Å². The Kier molecular flexibility index (Phi) is 3.85. The number of ether oxygens (including phenoxy) is 1. The summed E-state index contributed by atoms with van der Waals surface area (Å²) in [6, 6.07) is 8.24. The minimum absolute atomic E-state index is 0.0170. The molecule has 1 N–H and O–H groups in total. The summed E-state index contributed by atoms with van der Waals surface area (Å²) < 4.78 is 30.1. The van der Waals surface area contributed by atoms with Gasteiger partial charge < -0.3 is 9.84 Å². The van der Waals surface area contributed by atoms with Crippen LogP contribution in [0.15, 0.2) is 30.3 Å². The molecule has 1 saturated heterocycles. The van der Waals surface area contributed by atoms with Crippen molar-refractivity contribution < 1.29 is 23.1 Å². The molecule has 1 aromatic carbocycles. The highest BCUT2D eigenvalue weighted by molar-refractivity contribution is 7.91. The molecule has 8 heteroatoms. The summed E-state index contributed by atoms with van der Waals surface area (Å²) in [5.74, 6) is -0.375. The Morgan fingerprint density at radius 3 is 2.57 bits per heavy atom. The maximum atomic E-state index is 11.7. The third-order valence-electron chi connectivity index (χ3n) is 3.89. The molecule has 7 nitrogen and oxygen atoms in total. The summed E-state index contributed by atoms with van der Waals surface area (Å²) >= 11 is 0. The molecule has 23 heavy (non-hydrogen) atoms. The zero-order valence-corrected chi connectivity index (χ0v) is 13.3. The third-order valence-corrected chi connectivity index (χ3v) is 5.65. The third kappa shape index (κ3) is 3.07. The summed E-state index contributed by atoms with van der Waals surface area (Å²) in [6.45, 7) is 0. The number of hydrogen-bond donors (Lipinski definition) is 1. The van der Waals surface area contributed by atoms with Gasteiger partial charge in [0, 0.05) is 5.56 Å². The Labute approximate surface area is 133 Å². The van der Waals surface area contributed by atoms with Gasteiger partial charge in [0.1, 0.15) is 5.75 Å². The van der Waals surface area contributed by atoms with Crippen LogP contribution in [0.4, 0.5) is 0 Å². The molecule has 122 valence electrons. The standard InChI is InChI=1S/C15H16N2O5S/c1-22-12-4-2-10(3-5-12)14-8-13(15(18)19)16-17(14)11-6-7-23(20,21)9-11/h2-5,8,11H,6-7,9H2,1H3,(H,18,19)/t11-/m0/s1. The maximum absolute atomic E-state index is 11.7. The van der Waals surface area contributed by atoms with Crippen molar-refractivity contribution in [2.45, 2.75) is 12.5 Å². The first-order valence-electron chi connectivity index (χ1n) is 7.07. The smallest absolute Gasteiger partial charge is 0.356 e. The number of rotatable bonds is 4. The summed E-state index contributed by atoms with van der Waals surface area (Å²) in [5, 5.41) is 13.3. The Bertz CT molecular complexity index is 839. The molecular weight excluding hydrogens is 320 g/mol. The number of nitrogens with zero attached hydrogens (tertiary/aromatic N) is 2. The van der Waals surface area contributed by atoms with E-state index in [2.05, 4.69) is 5.10 Å². The van der Waals surface area contributed by atoms with E-state index < -0.39 is 15.8 Å². The average Bonchev–Trinajstić information content (AvgIpc) is 3.11. The van der Waals surface area contributed by atoms with Gasteiger partial charge in [0.2, 0.25) is 0 Å². The maximum Gasteiger partial charge on any atom is 0.356 e. The molecule has 2 heterocycles. The minimum atomic E-state index is -3.09. The number of sulfone groups is 1. The highest BCUT2D eigenvalue weighted by Crippen LogP contribution is 2.30. The Morgan fingerprint density at radius 2 is 2.04 bits per heavy atom. The van der Waals surface area contributed by atoms with E-state index in [-0.39, 0.29) is 23.2 Å². The van der Waals surface area contributed by atoms with Crippen molar-refractivity contribution in [1.29, 1.82) is 0 Å².